The van der Waals surface area contributed by atoms with Gasteiger partial charge in [-0.05, 0) is 31.0 Å². The molecule has 3 nitrogen and oxygen atoms in total. The molecule has 4 heteroatoms. The predicted octanol–water partition coefficient (Wildman–Crippen LogP) is 2.85. The van der Waals surface area contributed by atoms with Crippen LogP contribution < -0.4 is 4.74 Å². The summed E-state index contributed by atoms with van der Waals surface area (Å²) in [5.74, 6) is 0.713. The molecule has 0 bridgehead atoms. The highest BCUT2D eigenvalue weighted by Crippen LogP contribution is 2.34. The number of aryl methyl sites for hydroxylation is 2. The van der Waals surface area contributed by atoms with E-state index < -0.39 is 6.10 Å². The van der Waals surface area contributed by atoms with E-state index in [-0.39, 0.29) is 0 Å². The molecule has 0 aliphatic rings. The highest BCUT2D eigenvalue weighted by molar-refractivity contribution is 7.09. The van der Waals surface area contributed by atoms with Gasteiger partial charge in [0.05, 0.1) is 7.11 Å². The lowest BCUT2D eigenvalue weighted by Crippen LogP contribution is -2.05. The molecule has 0 fully saturated rings. The molecule has 0 aliphatic carbocycles. The number of aromatic nitrogens is 1. The number of aliphatic hydroxyl groups is 1. The van der Waals surface area contributed by atoms with E-state index in [0.717, 1.165) is 16.7 Å². The number of thiazole rings is 1. The Morgan fingerprint density at radius 2 is 2.12 bits per heavy atom. The number of hydrogen-bond donors (Lipinski definition) is 1. The molecule has 0 amide bonds. The highest BCUT2D eigenvalue weighted by atomic mass is 32.1. The number of benzene rings is 1. The summed E-state index contributed by atoms with van der Waals surface area (Å²) in [4.78, 5) is 4.14. The Morgan fingerprint density at radius 1 is 1.35 bits per heavy atom. The second kappa shape index (κ2) is 4.85. The van der Waals surface area contributed by atoms with E-state index in [1.165, 1.54) is 11.3 Å². The second-order valence-corrected chi connectivity index (χ2v) is 4.90. The van der Waals surface area contributed by atoms with E-state index in [0.29, 0.717) is 10.8 Å². The molecular weight excluding hydrogens is 234 g/mol. The van der Waals surface area contributed by atoms with E-state index >= 15 is 0 Å². The molecule has 2 rings (SSSR count). The van der Waals surface area contributed by atoms with Crippen molar-refractivity contribution in [3.05, 3.63) is 45.4 Å². The predicted molar refractivity (Wildman–Crippen MR) is 68.6 cm³/mol. The highest BCUT2D eigenvalue weighted by Gasteiger charge is 2.20. The van der Waals surface area contributed by atoms with E-state index in [1.54, 1.807) is 13.3 Å². The van der Waals surface area contributed by atoms with Crippen molar-refractivity contribution < 1.29 is 9.84 Å². The lowest BCUT2D eigenvalue weighted by atomic mass is 10.00. The Labute approximate surface area is 105 Å². The molecule has 1 heterocycles. The normalized spacial score (nSPS) is 12.5. The summed E-state index contributed by atoms with van der Waals surface area (Å²) in [7, 11) is 1.62. The van der Waals surface area contributed by atoms with Crippen LogP contribution in [0.25, 0.3) is 0 Å². The maximum atomic E-state index is 10.3. The fourth-order valence-corrected chi connectivity index (χ4v) is 2.58. The summed E-state index contributed by atoms with van der Waals surface area (Å²) in [5, 5.41) is 12.9. The zero-order chi connectivity index (χ0) is 12.4. The van der Waals surface area contributed by atoms with Crippen LogP contribution in [0.2, 0.25) is 0 Å². The van der Waals surface area contributed by atoms with Gasteiger partial charge >= 0.3 is 0 Å². The Kier molecular flexibility index (Phi) is 3.45. The van der Waals surface area contributed by atoms with Gasteiger partial charge in [0, 0.05) is 17.1 Å². The fraction of sp³-hybridized carbons (Fsp3) is 0.308. The summed E-state index contributed by atoms with van der Waals surface area (Å²) >= 11 is 1.44. The first-order chi connectivity index (χ1) is 8.13. The van der Waals surface area contributed by atoms with Crippen molar-refractivity contribution in [2.24, 2.45) is 0 Å². The van der Waals surface area contributed by atoms with Crippen molar-refractivity contribution in [2.75, 3.05) is 7.11 Å². The van der Waals surface area contributed by atoms with Crippen molar-refractivity contribution in [1.82, 2.24) is 4.98 Å². The van der Waals surface area contributed by atoms with Crippen LogP contribution in [-0.4, -0.2) is 17.2 Å². The zero-order valence-electron chi connectivity index (χ0n) is 10.1. The zero-order valence-corrected chi connectivity index (χ0v) is 10.9. The Morgan fingerprint density at radius 3 is 2.71 bits per heavy atom. The molecule has 1 N–H and O–H groups in total. The van der Waals surface area contributed by atoms with Gasteiger partial charge in [0.1, 0.15) is 16.9 Å². The fourth-order valence-electron chi connectivity index (χ4n) is 1.95. The molecule has 0 radical (unpaired) electrons. The third-order valence-corrected chi connectivity index (χ3v) is 3.50. The van der Waals surface area contributed by atoms with Gasteiger partial charge in [-0.1, -0.05) is 6.07 Å². The van der Waals surface area contributed by atoms with Crippen molar-refractivity contribution in [2.45, 2.75) is 20.0 Å². The summed E-state index contributed by atoms with van der Waals surface area (Å²) in [6, 6.07) is 3.97. The van der Waals surface area contributed by atoms with Gasteiger partial charge < -0.3 is 9.84 Å². The van der Waals surface area contributed by atoms with E-state index in [9.17, 15) is 5.11 Å². The molecule has 0 saturated heterocycles. The third kappa shape index (κ3) is 2.33. The number of ether oxygens (including phenoxy) is 1. The molecule has 2 aromatic rings. The molecule has 0 aliphatic heterocycles. The van der Waals surface area contributed by atoms with Crippen LogP contribution in [-0.2, 0) is 0 Å². The minimum Gasteiger partial charge on any atom is -0.496 e. The summed E-state index contributed by atoms with van der Waals surface area (Å²) in [6.45, 7) is 3.98. The molecule has 0 saturated carbocycles. The van der Waals surface area contributed by atoms with Crippen LogP contribution in [0.15, 0.2) is 23.7 Å². The van der Waals surface area contributed by atoms with E-state index in [1.807, 2.05) is 31.4 Å². The standard InChI is InChI=1S/C13H15NO2S/c1-8-6-9(2)11(10(7-8)16-3)12(15)13-14-4-5-17-13/h4-7,12,15H,1-3H3. The number of aliphatic hydroxyl groups excluding tert-OH is 1. The summed E-state index contributed by atoms with van der Waals surface area (Å²) in [6.07, 6.45) is 0.977. The Bertz CT molecular complexity index is 508. The van der Waals surface area contributed by atoms with Gasteiger partial charge in [-0.3, -0.25) is 0 Å². The van der Waals surface area contributed by atoms with E-state index in [4.69, 9.17) is 4.74 Å². The molecular formula is C13H15NO2S. The minimum atomic E-state index is -0.717. The Hall–Kier alpha value is -1.39. The minimum absolute atomic E-state index is 0.690. The molecule has 1 atom stereocenters. The second-order valence-electron chi connectivity index (χ2n) is 3.97. The monoisotopic (exact) mass is 249 g/mol. The van der Waals surface area contributed by atoms with Gasteiger partial charge in [0.25, 0.3) is 0 Å². The smallest absolute Gasteiger partial charge is 0.134 e. The van der Waals surface area contributed by atoms with Crippen molar-refractivity contribution in [1.29, 1.82) is 0 Å². The van der Waals surface area contributed by atoms with Crippen LogP contribution in [0.1, 0.15) is 27.8 Å². The first-order valence-electron chi connectivity index (χ1n) is 5.36. The van der Waals surface area contributed by atoms with Crippen LogP contribution >= 0.6 is 11.3 Å². The quantitative estimate of drug-likeness (QED) is 0.909. The van der Waals surface area contributed by atoms with Crippen LogP contribution in [0.4, 0.5) is 0 Å². The average Bonchev–Trinajstić information content (AvgIpc) is 2.80. The number of nitrogens with zero attached hydrogens (tertiary/aromatic N) is 1. The maximum Gasteiger partial charge on any atom is 0.134 e. The number of methoxy groups -OCH3 is 1. The molecule has 1 unspecified atom stereocenters. The average molecular weight is 249 g/mol. The van der Waals surface area contributed by atoms with Gasteiger partial charge in [-0.15, -0.1) is 11.3 Å². The summed E-state index contributed by atoms with van der Waals surface area (Å²) in [5.41, 5.74) is 2.94. The molecule has 0 spiro atoms. The van der Waals surface area contributed by atoms with E-state index in [2.05, 4.69) is 4.98 Å². The van der Waals surface area contributed by atoms with Gasteiger partial charge in [0.2, 0.25) is 0 Å². The first-order valence-corrected chi connectivity index (χ1v) is 6.24. The van der Waals surface area contributed by atoms with Gasteiger partial charge in [-0.2, -0.15) is 0 Å². The van der Waals surface area contributed by atoms with Crippen LogP contribution in [0.5, 0.6) is 5.75 Å². The lowest BCUT2D eigenvalue weighted by molar-refractivity contribution is 0.213. The lowest BCUT2D eigenvalue weighted by Gasteiger charge is -2.16. The Balaban J connectivity index is 2.51. The maximum absolute atomic E-state index is 10.3. The number of rotatable bonds is 3. The molecule has 1 aromatic heterocycles. The third-order valence-electron chi connectivity index (χ3n) is 2.67. The largest absolute Gasteiger partial charge is 0.496 e. The van der Waals surface area contributed by atoms with Gasteiger partial charge in [-0.25, -0.2) is 4.98 Å². The molecule has 1 aromatic carbocycles. The van der Waals surface area contributed by atoms with Crippen molar-refractivity contribution >= 4 is 11.3 Å². The van der Waals surface area contributed by atoms with Crippen LogP contribution in [0.3, 0.4) is 0 Å². The van der Waals surface area contributed by atoms with Crippen molar-refractivity contribution in [3.63, 3.8) is 0 Å². The SMILES string of the molecule is COc1cc(C)cc(C)c1C(O)c1nccs1. The molecule has 90 valence electrons. The first kappa shape index (κ1) is 12.1. The number of hydrogen-bond acceptors (Lipinski definition) is 4. The summed E-state index contributed by atoms with van der Waals surface area (Å²) < 4.78 is 5.34. The molecule has 17 heavy (non-hydrogen) atoms. The van der Waals surface area contributed by atoms with Crippen molar-refractivity contribution in [3.8, 4) is 5.75 Å². The topological polar surface area (TPSA) is 42.4 Å². The van der Waals surface area contributed by atoms with Crippen LogP contribution in [0, 0.1) is 13.8 Å². The van der Waals surface area contributed by atoms with Gasteiger partial charge in [0.15, 0.2) is 0 Å².